The molecule has 1 heterocycles. The Morgan fingerprint density at radius 1 is 1.38 bits per heavy atom. The molecule has 1 aromatic carbocycles. The van der Waals surface area contributed by atoms with Crippen molar-refractivity contribution in [3.63, 3.8) is 0 Å². The fourth-order valence-corrected chi connectivity index (χ4v) is 5.16. The van der Waals surface area contributed by atoms with Gasteiger partial charge in [-0.15, -0.1) is 0 Å². The number of amides is 1. The summed E-state index contributed by atoms with van der Waals surface area (Å²) in [5, 5.41) is 9.69. The van der Waals surface area contributed by atoms with Gasteiger partial charge < -0.3 is 24.2 Å². The summed E-state index contributed by atoms with van der Waals surface area (Å²) in [7, 11) is 0.700. The van der Waals surface area contributed by atoms with Crippen molar-refractivity contribution in [1.82, 2.24) is 9.21 Å². The molecule has 1 N–H and O–H groups in total. The molecule has 32 heavy (non-hydrogen) atoms. The zero-order valence-electron chi connectivity index (χ0n) is 19.2. The zero-order chi connectivity index (χ0) is 23.9. The number of hydrogen-bond acceptors (Lipinski definition) is 7. The zero-order valence-corrected chi connectivity index (χ0v) is 20.0. The molecule has 0 fully saturated rings. The second-order valence-corrected chi connectivity index (χ2v) is 9.70. The summed E-state index contributed by atoms with van der Waals surface area (Å²) in [5.41, 5.74) is 0.577. The molecule has 0 saturated carbocycles. The van der Waals surface area contributed by atoms with Crippen molar-refractivity contribution in [2.24, 2.45) is 5.92 Å². The van der Waals surface area contributed by atoms with Crippen molar-refractivity contribution < 1.29 is 32.5 Å². The van der Waals surface area contributed by atoms with Gasteiger partial charge in [-0.2, -0.15) is 4.31 Å². The van der Waals surface area contributed by atoms with E-state index in [2.05, 4.69) is 11.8 Å². The number of aliphatic hydroxyl groups is 1. The maximum Gasteiger partial charge on any atom is 0.248 e. The lowest BCUT2D eigenvalue weighted by molar-refractivity contribution is -0.135. The molecule has 1 aliphatic rings. The first-order valence-electron chi connectivity index (χ1n) is 10.3. The Morgan fingerprint density at radius 2 is 2.09 bits per heavy atom. The highest BCUT2D eigenvalue weighted by Crippen LogP contribution is 2.34. The Balaban J connectivity index is 2.52. The number of rotatable bonds is 7. The van der Waals surface area contributed by atoms with Crippen molar-refractivity contribution in [2.75, 3.05) is 54.2 Å². The van der Waals surface area contributed by atoms with Gasteiger partial charge in [0.1, 0.15) is 30.0 Å². The number of methoxy groups -OCH3 is 2. The molecule has 0 radical (unpaired) electrons. The molecule has 0 aliphatic carbocycles. The molecule has 9 nitrogen and oxygen atoms in total. The first kappa shape index (κ1) is 26.1. The van der Waals surface area contributed by atoms with Crippen LogP contribution in [0, 0.1) is 17.8 Å². The molecule has 0 spiro atoms. The summed E-state index contributed by atoms with van der Waals surface area (Å²) in [6.07, 6.45) is -0.495. The molecule has 0 aromatic heterocycles. The van der Waals surface area contributed by atoms with Gasteiger partial charge in [-0.25, -0.2) is 8.42 Å². The number of likely N-dealkylation sites (N-methyl/N-ethyl adjacent to an activating group) is 1. The normalized spacial score (nSPS) is 21.2. The van der Waals surface area contributed by atoms with E-state index >= 15 is 0 Å². The minimum absolute atomic E-state index is 0.00198. The SMILES string of the molecule is COCC#Cc1ccc2c(c1)O[C@@H](CN(C)C(=O)COC)[C@@H](C)CN([C@H](C)CO)S2(=O)=O. The van der Waals surface area contributed by atoms with Crippen LogP contribution in [-0.2, 0) is 24.3 Å². The third kappa shape index (κ3) is 6.21. The predicted octanol–water partition coefficient (Wildman–Crippen LogP) is 0.558. The molecule has 10 heteroatoms. The maximum absolute atomic E-state index is 13.4. The fraction of sp³-hybridized carbons (Fsp3) is 0.591. The van der Waals surface area contributed by atoms with Crippen LogP contribution in [0.25, 0.3) is 0 Å². The van der Waals surface area contributed by atoms with E-state index in [0.29, 0.717) is 5.56 Å². The number of fused-ring (bicyclic) bond motifs is 1. The lowest BCUT2D eigenvalue weighted by Crippen LogP contribution is -2.50. The van der Waals surface area contributed by atoms with Gasteiger partial charge in [0.05, 0.1) is 13.2 Å². The molecule has 0 saturated heterocycles. The number of hydrogen-bond donors (Lipinski definition) is 1. The summed E-state index contributed by atoms with van der Waals surface area (Å²) < 4.78 is 44.2. The van der Waals surface area contributed by atoms with Crippen LogP contribution >= 0.6 is 0 Å². The molecule has 0 unspecified atom stereocenters. The van der Waals surface area contributed by atoms with E-state index in [-0.39, 0.29) is 55.4 Å². The quantitative estimate of drug-likeness (QED) is 0.583. The highest BCUT2D eigenvalue weighted by atomic mass is 32.2. The Labute approximate surface area is 190 Å². The van der Waals surface area contributed by atoms with E-state index < -0.39 is 22.2 Å². The predicted molar refractivity (Wildman–Crippen MR) is 119 cm³/mol. The van der Waals surface area contributed by atoms with Crippen LogP contribution < -0.4 is 4.74 Å². The van der Waals surface area contributed by atoms with Crippen LogP contribution in [-0.4, -0.2) is 95.0 Å². The van der Waals surface area contributed by atoms with Crippen LogP contribution in [0.4, 0.5) is 0 Å². The molecule has 1 aromatic rings. The van der Waals surface area contributed by atoms with Gasteiger partial charge in [0.25, 0.3) is 0 Å². The summed E-state index contributed by atoms with van der Waals surface area (Å²) in [6, 6.07) is 4.03. The molecule has 2 rings (SSSR count). The van der Waals surface area contributed by atoms with Crippen LogP contribution in [0.15, 0.2) is 23.1 Å². The number of aliphatic hydroxyl groups excluding tert-OH is 1. The second kappa shape index (κ2) is 11.6. The number of benzene rings is 1. The largest absolute Gasteiger partial charge is 0.487 e. The Morgan fingerprint density at radius 3 is 2.72 bits per heavy atom. The number of ether oxygens (including phenoxy) is 3. The smallest absolute Gasteiger partial charge is 0.248 e. The Kier molecular flexibility index (Phi) is 9.48. The van der Waals surface area contributed by atoms with E-state index in [9.17, 15) is 18.3 Å². The minimum Gasteiger partial charge on any atom is -0.487 e. The van der Waals surface area contributed by atoms with Gasteiger partial charge in [0, 0.05) is 45.3 Å². The molecular formula is C22H32N2O7S. The van der Waals surface area contributed by atoms with Crippen molar-refractivity contribution in [3.05, 3.63) is 23.8 Å². The Hall–Kier alpha value is -2.16. The number of nitrogens with zero attached hydrogens (tertiary/aromatic N) is 2. The molecule has 1 aliphatic heterocycles. The van der Waals surface area contributed by atoms with Crippen LogP contribution in [0.1, 0.15) is 19.4 Å². The molecule has 3 atom stereocenters. The standard InChI is InChI=1S/C22H32N2O7S/c1-16-12-24(17(2)14-25)32(27,28)21-9-8-18(7-6-10-29-4)11-19(21)31-20(16)13-23(3)22(26)15-30-5/h8-9,11,16-17,20,25H,10,12-15H2,1-5H3/t16-,17+,20-/m0/s1. The van der Waals surface area contributed by atoms with E-state index in [0.717, 1.165) is 0 Å². The van der Waals surface area contributed by atoms with Gasteiger partial charge in [0.2, 0.25) is 15.9 Å². The third-order valence-corrected chi connectivity index (χ3v) is 7.28. The number of carbonyl (C=O) groups is 1. The van der Waals surface area contributed by atoms with Crippen molar-refractivity contribution in [3.8, 4) is 17.6 Å². The van der Waals surface area contributed by atoms with Crippen molar-refractivity contribution in [1.29, 1.82) is 0 Å². The highest BCUT2D eigenvalue weighted by Gasteiger charge is 2.38. The van der Waals surface area contributed by atoms with E-state index in [1.54, 1.807) is 26.1 Å². The van der Waals surface area contributed by atoms with Gasteiger partial charge in [-0.05, 0) is 25.1 Å². The average molecular weight is 469 g/mol. The number of carbonyl (C=O) groups excluding carboxylic acids is 1. The van der Waals surface area contributed by atoms with Crippen molar-refractivity contribution >= 4 is 15.9 Å². The summed E-state index contributed by atoms with van der Waals surface area (Å²) in [6.45, 7) is 3.75. The van der Waals surface area contributed by atoms with Gasteiger partial charge >= 0.3 is 0 Å². The second-order valence-electron chi connectivity index (χ2n) is 7.84. The lowest BCUT2D eigenvalue weighted by atomic mass is 10.0. The van der Waals surface area contributed by atoms with Crippen LogP contribution in [0.2, 0.25) is 0 Å². The monoisotopic (exact) mass is 468 g/mol. The molecule has 1 amide bonds. The number of sulfonamides is 1. The summed E-state index contributed by atoms with van der Waals surface area (Å²) in [4.78, 5) is 13.7. The van der Waals surface area contributed by atoms with Crippen molar-refractivity contribution in [2.45, 2.75) is 30.9 Å². The van der Waals surface area contributed by atoms with Gasteiger partial charge in [0.15, 0.2) is 0 Å². The Bertz CT molecular complexity index is 955. The summed E-state index contributed by atoms with van der Waals surface area (Å²) in [5.74, 6) is 5.44. The minimum atomic E-state index is -3.93. The van der Waals surface area contributed by atoms with Crippen LogP contribution in [0.5, 0.6) is 5.75 Å². The fourth-order valence-electron chi connectivity index (χ4n) is 3.34. The highest BCUT2D eigenvalue weighted by molar-refractivity contribution is 7.89. The van der Waals surface area contributed by atoms with Crippen LogP contribution in [0.3, 0.4) is 0 Å². The van der Waals surface area contributed by atoms with Gasteiger partial charge in [-0.3, -0.25) is 4.79 Å². The van der Waals surface area contributed by atoms with Gasteiger partial charge in [-0.1, -0.05) is 18.8 Å². The first-order chi connectivity index (χ1) is 15.1. The van der Waals surface area contributed by atoms with E-state index in [4.69, 9.17) is 14.2 Å². The molecule has 0 bridgehead atoms. The van der Waals surface area contributed by atoms with E-state index in [1.165, 1.54) is 29.5 Å². The average Bonchev–Trinajstić information content (AvgIpc) is 2.75. The summed E-state index contributed by atoms with van der Waals surface area (Å²) >= 11 is 0. The van der Waals surface area contributed by atoms with E-state index in [1.807, 2.05) is 6.92 Å². The maximum atomic E-state index is 13.4. The first-order valence-corrected chi connectivity index (χ1v) is 11.7. The molecular weight excluding hydrogens is 436 g/mol. The molecule has 178 valence electrons. The topological polar surface area (TPSA) is 106 Å². The third-order valence-electron chi connectivity index (χ3n) is 5.26. The lowest BCUT2D eigenvalue weighted by Gasteiger charge is -2.37.